The highest BCUT2D eigenvalue weighted by molar-refractivity contribution is 9.08. The van der Waals surface area contributed by atoms with Crippen LogP contribution in [0.25, 0.3) is 0 Å². The zero-order chi connectivity index (χ0) is 9.84. The molecule has 0 bridgehead atoms. The number of rotatable bonds is 3. The van der Waals surface area contributed by atoms with Crippen molar-refractivity contribution in [2.45, 2.75) is 10.7 Å². The molecular formula is C9H9Br2ClO. The molecule has 0 aromatic heterocycles. The van der Waals surface area contributed by atoms with Gasteiger partial charge in [-0.3, -0.25) is 0 Å². The Morgan fingerprint density at radius 2 is 1.85 bits per heavy atom. The van der Waals surface area contributed by atoms with Gasteiger partial charge in [0, 0.05) is 21.2 Å². The Labute approximate surface area is 99.7 Å². The monoisotopic (exact) mass is 326 g/mol. The second-order valence-electron chi connectivity index (χ2n) is 2.52. The second-order valence-corrected chi connectivity index (χ2v) is 4.05. The van der Waals surface area contributed by atoms with Crippen LogP contribution in [0.2, 0.25) is 5.02 Å². The highest BCUT2D eigenvalue weighted by Crippen LogP contribution is 2.29. The Balaban J connectivity index is 3.18. The van der Waals surface area contributed by atoms with E-state index in [-0.39, 0.29) is 0 Å². The van der Waals surface area contributed by atoms with Crippen LogP contribution in [0.15, 0.2) is 12.1 Å². The predicted molar refractivity (Wildman–Crippen MR) is 63.3 cm³/mol. The topological polar surface area (TPSA) is 9.23 Å². The van der Waals surface area contributed by atoms with Gasteiger partial charge in [0.25, 0.3) is 0 Å². The van der Waals surface area contributed by atoms with Gasteiger partial charge < -0.3 is 4.74 Å². The van der Waals surface area contributed by atoms with Gasteiger partial charge in [-0.15, -0.1) is 0 Å². The fraction of sp³-hybridized carbons (Fsp3) is 0.333. The summed E-state index contributed by atoms with van der Waals surface area (Å²) in [5.74, 6) is 0.826. The molecule has 0 aliphatic carbocycles. The molecule has 0 saturated carbocycles. The van der Waals surface area contributed by atoms with Gasteiger partial charge in [0.2, 0.25) is 0 Å². The van der Waals surface area contributed by atoms with Crippen LogP contribution in [0, 0.1) is 0 Å². The zero-order valence-electron chi connectivity index (χ0n) is 7.11. The summed E-state index contributed by atoms with van der Waals surface area (Å²) < 4.78 is 5.19. The van der Waals surface area contributed by atoms with Gasteiger partial charge in [0.05, 0.1) is 7.11 Å². The van der Waals surface area contributed by atoms with E-state index in [2.05, 4.69) is 31.9 Å². The third-order valence-electron chi connectivity index (χ3n) is 1.74. The normalized spacial score (nSPS) is 10.2. The smallest absolute Gasteiger partial charge is 0.124 e. The lowest BCUT2D eigenvalue weighted by Gasteiger charge is -2.09. The van der Waals surface area contributed by atoms with Crippen molar-refractivity contribution in [3.63, 3.8) is 0 Å². The molecule has 4 heteroatoms. The van der Waals surface area contributed by atoms with Crippen LogP contribution in [-0.2, 0) is 10.7 Å². The number of methoxy groups -OCH3 is 1. The average Bonchev–Trinajstić information content (AvgIpc) is 2.17. The Morgan fingerprint density at radius 1 is 1.23 bits per heavy atom. The van der Waals surface area contributed by atoms with Crippen LogP contribution in [0.4, 0.5) is 0 Å². The highest BCUT2D eigenvalue weighted by Gasteiger charge is 2.07. The minimum absolute atomic E-state index is 0.735. The van der Waals surface area contributed by atoms with Gasteiger partial charge >= 0.3 is 0 Å². The molecule has 0 spiro atoms. The van der Waals surface area contributed by atoms with E-state index in [1.54, 1.807) is 7.11 Å². The molecule has 1 aromatic carbocycles. The van der Waals surface area contributed by atoms with Crippen molar-refractivity contribution in [1.82, 2.24) is 0 Å². The largest absolute Gasteiger partial charge is 0.496 e. The Morgan fingerprint density at radius 3 is 2.31 bits per heavy atom. The predicted octanol–water partition coefficient (Wildman–Crippen LogP) is 4.14. The Hall–Kier alpha value is 0.270. The molecule has 72 valence electrons. The summed E-state index contributed by atoms with van der Waals surface area (Å²) in [4.78, 5) is 0. The molecule has 1 rings (SSSR count). The summed E-state index contributed by atoms with van der Waals surface area (Å²) >= 11 is 12.8. The van der Waals surface area contributed by atoms with E-state index in [0.717, 1.165) is 32.6 Å². The molecule has 0 N–H and O–H groups in total. The first-order valence-electron chi connectivity index (χ1n) is 3.70. The van der Waals surface area contributed by atoms with E-state index < -0.39 is 0 Å². The quantitative estimate of drug-likeness (QED) is 0.758. The van der Waals surface area contributed by atoms with E-state index in [1.807, 2.05) is 12.1 Å². The number of alkyl halides is 2. The van der Waals surface area contributed by atoms with Crippen molar-refractivity contribution < 1.29 is 4.74 Å². The second kappa shape index (κ2) is 5.23. The standard InChI is InChI=1S/C9H9Br2ClO/c1-13-9-3-8(12)6(4-10)2-7(9)5-11/h2-3H,4-5H2,1H3. The summed E-state index contributed by atoms with van der Waals surface area (Å²) in [6.45, 7) is 0. The van der Waals surface area contributed by atoms with Crippen LogP contribution in [-0.4, -0.2) is 7.11 Å². The third-order valence-corrected chi connectivity index (χ3v) is 3.30. The van der Waals surface area contributed by atoms with E-state index in [4.69, 9.17) is 16.3 Å². The van der Waals surface area contributed by atoms with Crippen LogP contribution >= 0.6 is 43.5 Å². The SMILES string of the molecule is COc1cc(Cl)c(CBr)cc1CBr. The molecule has 0 amide bonds. The molecule has 0 heterocycles. The van der Waals surface area contributed by atoms with Crippen LogP contribution in [0.5, 0.6) is 5.75 Å². The van der Waals surface area contributed by atoms with E-state index in [1.165, 1.54) is 0 Å². The van der Waals surface area contributed by atoms with Crippen LogP contribution in [0.3, 0.4) is 0 Å². The van der Waals surface area contributed by atoms with Crippen molar-refractivity contribution in [3.8, 4) is 5.75 Å². The fourth-order valence-corrected chi connectivity index (χ4v) is 2.33. The molecule has 0 atom stereocenters. The first-order chi connectivity index (χ1) is 6.22. The Bertz CT molecular complexity index is 302. The molecule has 13 heavy (non-hydrogen) atoms. The number of halogens is 3. The minimum Gasteiger partial charge on any atom is -0.496 e. The lowest BCUT2D eigenvalue weighted by Crippen LogP contribution is -1.92. The van der Waals surface area contributed by atoms with Gasteiger partial charge in [0.15, 0.2) is 0 Å². The maximum absolute atomic E-state index is 6.01. The van der Waals surface area contributed by atoms with Crippen molar-refractivity contribution in [2.24, 2.45) is 0 Å². The third kappa shape index (κ3) is 2.61. The Kier molecular flexibility index (Phi) is 4.56. The first-order valence-corrected chi connectivity index (χ1v) is 6.32. The number of hydrogen-bond donors (Lipinski definition) is 0. The minimum atomic E-state index is 0.735. The first kappa shape index (κ1) is 11.3. The summed E-state index contributed by atoms with van der Waals surface area (Å²) in [6.07, 6.45) is 0. The molecule has 0 radical (unpaired) electrons. The molecule has 0 unspecified atom stereocenters. The molecular weight excluding hydrogens is 319 g/mol. The van der Waals surface area contributed by atoms with Gasteiger partial charge in [-0.2, -0.15) is 0 Å². The number of benzene rings is 1. The molecule has 0 fully saturated rings. The van der Waals surface area contributed by atoms with Crippen LogP contribution < -0.4 is 4.74 Å². The lowest BCUT2D eigenvalue weighted by atomic mass is 10.1. The summed E-state index contributed by atoms with van der Waals surface area (Å²) in [5.41, 5.74) is 2.19. The van der Waals surface area contributed by atoms with Gasteiger partial charge in [-0.05, 0) is 17.7 Å². The average molecular weight is 328 g/mol. The number of hydrogen-bond acceptors (Lipinski definition) is 1. The summed E-state index contributed by atoms with van der Waals surface area (Å²) in [5, 5.41) is 2.27. The molecule has 1 nitrogen and oxygen atoms in total. The number of ether oxygens (including phenoxy) is 1. The van der Waals surface area contributed by atoms with Crippen LogP contribution in [0.1, 0.15) is 11.1 Å². The van der Waals surface area contributed by atoms with Crippen molar-refractivity contribution >= 4 is 43.5 Å². The summed E-state index contributed by atoms with van der Waals surface area (Å²) in [7, 11) is 1.64. The van der Waals surface area contributed by atoms with Crippen molar-refractivity contribution in [2.75, 3.05) is 7.11 Å². The lowest BCUT2D eigenvalue weighted by molar-refractivity contribution is 0.411. The van der Waals surface area contributed by atoms with E-state index in [9.17, 15) is 0 Å². The van der Waals surface area contributed by atoms with Gasteiger partial charge in [0.1, 0.15) is 5.75 Å². The molecule has 1 aromatic rings. The van der Waals surface area contributed by atoms with E-state index >= 15 is 0 Å². The summed E-state index contributed by atoms with van der Waals surface area (Å²) in [6, 6.07) is 3.87. The molecule has 0 aliphatic heterocycles. The molecule has 0 saturated heterocycles. The van der Waals surface area contributed by atoms with Gasteiger partial charge in [-0.1, -0.05) is 43.5 Å². The van der Waals surface area contributed by atoms with Crippen molar-refractivity contribution in [3.05, 3.63) is 28.3 Å². The zero-order valence-corrected chi connectivity index (χ0v) is 11.0. The van der Waals surface area contributed by atoms with Gasteiger partial charge in [-0.25, -0.2) is 0 Å². The van der Waals surface area contributed by atoms with E-state index in [0.29, 0.717) is 0 Å². The maximum atomic E-state index is 6.01. The highest BCUT2D eigenvalue weighted by atomic mass is 79.9. The van der Waals surface area contributed by atoms with Crippen molar-refractivity contribution in [1.29, 1.82) is 0 Å². The fourth-order valence-electron chi connectivity index (χ4n) is 1.05. The molecule has 0 aliphatic rings. The maximum Gasteiger partial charge on any atom is 0.124 e.